The van der Waals surface area contributed by atoms with Crippen LogP contribution < -0.4 is 5.32 Å². The fourth-order valence-corrected chi connectivity index (χ4v) is 4.02. The lowest BCUT2D eigenvalue weighted by molar-refractivity contribution is 0.136. The summed E-state index contributed by atoms with van der Waals surface area (Å²) in [5.41, 5.74) is 6.03. The lowest BCUT2D eigenvalue weighted by atomic mass is 9.98. The number of benzene rings is 3. The fraction of sp³-hybridized carbons (Fsp3) is 0.200. The molecule has 0 saturated heterocycles. The van der Waals surface area contributed by atoms with Crippen molar-refractivity contribution in [2.45, 2.75) is 18.4 Å². The smallest absolute Gasteiger partial charge is 0.407 e. The molecule has 1 atom stereocenters. The molecule has 0 aliphatic heterocycles. The predicted octanol–water partition coefficient (Wildman–Crippen LogP) is 4.52. The molecule has 0 bridgehead atoms. The molecular weight excluding hydrogens is 376 g/mol. The van der Waals surface area contributed by atoms with E-state index in [0.717, 1.165) is 16.7 Å². The van der Waals surface area contributed by atoms with Crippen molar-refractivity contribution in [1.29, 1.82) is 5.26 Å². The van der Waals surface area contributed by atoms with E-state index in [2.05, 4.69) is 35.7 Å². The van der Waals surface area contributed by atoms with Gasteiger partial charge in [0.1, 0.15) is 6.61 Å². The topological polar surface area (TPSA) is 82.4 Å². The molecule has 1 aliphatic carbocycles. The molecule has 0 aromatic heterocycles. The van der Waals surface area contributed by atoms with Crippen molar-refractivity contribution in [2.24, 2.45) is 0 Å². The van der Waals surface area contributed by atoms with Gasteiger partial charge in [0.05, 0.1) is 17.7 Å². The molecule has 5 nitrogen and oxygen atoms in total. The molecule has 3 aromatic carbocycles. The number of carbonyl (C=O) groups is 1. The summed E-state index contributed by atoms with van der Waals surface area (Å²) < 4.78 is 5.60. The summed E-state index contributed by atoms with van der Waals surface area (Å²) in [4.78, 5) is 12.5. The molecule has 1 unspecified atom stereocenters. The maximum Gasteiger partial charge on any atom is 0.407 e. The van der Waals surface area contributed by atoms with Crippen LogP contribution in [0.3, 0.4) is 0 Å². The maximum atomic E-state index is 12.5. The molecule has 30 heavy (non-hydrogen) atoms. The summed E-state index contributed by atoms with van der Waals surface area (Å²) in [6, 6.07) is 25.0. The van der Waals surface area contributed by atoms with Gasteiger partial charge in [-0.05, 0) is 46.4 Å². The molecule has 0 fully saturated rings. The molecule has 5 heteroatoms. The minimum absolute atomic E-state index is 0.00523. The predicted molar refractivity (Wildman–Crippen MR) is 114 cm³/mol. The Kier molecular flexibility index (Phi) is 5.78. The van der Waals surface area contributed by atoms with Gasteiger partial charge in [-0.3, -0.25) is 0 Å². The number of carbonyl (C=O) groups excluding carboxylic acids is 1. The number of rotatable bonds is 6. The number of nitrogens with one attached hydrogen (secondary N) is 1. The minimum atomic E-state index is -0.528. The molecule has 2 N–H and O–H groups in total. The van der Waals surface area contributed by atoms with Gasteiger partial charge < -0.3 is 15.2 Å². The number of amides is 1. The van der Waals surface area contributed by atoms with Crippen molar-refractivity contribution >= 4 is 6.09 Å². The van der Waals surface area contributed by atoms with E-state index >= 15 is 0 Å². The molecular formula is C25H22N2O3. The molecule has 0 heterocycles. The van der Waals surface area contributed by atoms with Crippen molar-refractivity contribution in [2.75, 3.05) is 13.2 Å². The van der Waals surface area contributed by atoms with Gasteiger partial charge in [0.25, 0.3) is 0 Å². The highest BCUT2D eigenvalue weighted by atomic mass is 16.5. The fourth-order valence-electron chi connectivity index (χ4n) is 4.02. The number of nitrogens with zero attached hydrogens (tertiary/aromatic N) is 1. The van der Waals surface area contributed by atoms with Crippen LogP contribution in [0.2, 0.25) is 0 Å². The van der Waals surface area contributed by atoms with Crippen molar-refractivity contribution in [3.05, 3.63) is 95.1 Å². The van der Waals surface area contributed by atoms with Crippen molar-refractivity contribution in [3.8, 4) is 17.2 Å². The van der Waals surface area contributed by atoms with Crippen molar-refractivity contribution in [3.63, 3.8) is 0 Å². The Bertz CT molecular complexity index is 1040. The second kappa shape index (κ2) is 8.81. The lowest BCUT2D eigenvalue weighted by Gasteiger charge is -2.20. The second-order valence-electron chi connectivity index (χ2n) is 7.27. The van der Waals surface area contributed by atoms with Gasteiger partial charge in [0, 0.05) is 12.5 Å². The quantitative estimate of drug-likeness (QED) is 0.640. The summed E-state index contributed by atoms with van der Waals surface area (Å²) >= 11 is 0. The van der Waals surface area contributed by atoms with E-state index in [1.165, 1.54) is 11.1 Å². The number of aliphatic hydroxyl groups excluding tert-OH is 1. The van der Waals surface area contributed by atoms with E-state index in [9.17, 15) is 9.90 Å². The van der Waals surface area contributed by atoms with Crippen LogP contribution in [0.1, 0.15) is 40.6 Å². The first-order valence-electron chi connectivity index (χ1n) is 9.93. The zero-order valence-electron chi connectivity index (χ0n) is 16.4. The Morgan fingerprint density at radius 2 is 1.60 bits per heavy atom. The SMILES string of the molecule is N#Cc1ccc(C(CCO)NC(=O)OCC2c3ccccc3-c3ccccc32)cc1. The van der Waals surface area contributed by atoms with Crippen molar-refractivity contribution < 1.29 is 14.6 Å². The zero-order chi connectivity index (χ0) is 20.9. The number of fused-ring (bicyclic) bond motifs is 3. The second-order valence-corrected chi connectivity index (χ2v) is 7.27. The van der Waals surface area contributed by atoms with Crippen LogP contribution in [0.15, 0.2) is 72.8 Å². The highest BCUT2D eigenvalue weighted by Gasteiger charge is 2.29. The van der Waals surface area contributed by atoms with E-state index < -0.39 is 12.1 Å². The number of aliphatic hydroxyl groups is 1. The number of nitriles is 1. The highest BCUT2D eigenvalue weighted by Crippen LogP contribution is 2.44. The Morgan fingerprint density at radius 1 is 1.00 bits per heavy atom. The van der Waals surface area contributed by atoms with Crippen LogP contribution in [0.4, 0.5) is 4.79 Å². The summed E-state index contributed by atoms with van der Waals surface area (Å²) in [5.74, 6) is -0.00523. The Labute approximate surface area is 175 Å². The molecule has 0 spiro atoms. The molecule has 0 saturated carbocycles. The average molecular weight is 398 g/mol. The molecule has 1 amide bonds. The lowest BCUT2D eigenvalue weighted by Crippen LogP contribution is -2.31. The van der Waals surface area contributed by atoms with Crippen LogP contribution in [-0.2, 0) is 4.74 Å². The summed E-state index contributed by atoms with van der Waals surface area (Å²) in [6.45, 7) is 0.160. The highest BCUT2D eigenvalue weighted by molar-refractivity contribution is 5.79. The number of hydrogen-bond acceptors (Lipinski definition) is 4. The molecule has 0 radical (unpaired) electrons. The molecule has 150 valence electrons. The van der Waals surface area contributed by atoms with Gasteiger partial charge in [-0.25, -0.2) is 4.79 Å². The van der Waals surface area contributed by atoms with Crippen LogP contribution >= 0.6 is 0 Å². The standard InChI is InChI=1S/C25H22N2O3/c26-15-17-9-11-18(12-10-17)24(13-14-28)27-25(29)30-16-23-21-7-3-1-5-19(21)20-6-2-4-8-22(20)23/h1-12,23-24,28H,13-14,16H2,(H,27,29). The summed E-state index contributed by atoms with van der Waals surface area (Å²) in [5, 5.41) is 21.2. The van der Waals surface area contributed by atoms with Gasteiger partial charge in [-0.1, -0.05) is 60.7 Å². The molecule has 3 aromatic rings. The number of ether oxygens (including phenoxy) is 1. The first-order chi connectivity index (χ1) is 14.7. The normalized spacial score (nSPS) is 13.1. The van der Waals surface area contributed by atoms with E-state index in [1.807, 2.05) is 24.3 Å². The first-order valence-corrected chi connectivity index (χ1v) is 9.93. The van der Waals surface area contributed by atoms with Crippen LogP contribution in [0, 0.1) is 11.3 Å². The Balaban J connectivity index is 1.45. The molecule has 1 aliphatic rings. The van der Waals surface area contributed by atoms with Gasteiger partial charge in [0.15, 0.2) is 0 Å². The van der Waals surface area contributed by atoms with Crippen LogP contribution in [0.25, 0.3) is 11.1 Å². The van der Waals surface area contributed by atoms with Gasteiger partial charge >= 0.3 is 6.09 Å². The third-order valence-corrected chi connectivity index (χ3v) is 5.50. The average Bonchev–Trinajstić information content (AvgIpc) is 3.11. The summed E-state index contributed by atoms with van der Waals surface area (Å²) in [7, 11) is 0. The monoisotopic (exact) mass is 398 g/mol. The number of hydrogen-bond donors (Lipinski definition) is 2. The minimum Gasteiger partial charge on any atom is -0.449 e. The Hall–Kier alpha value is -3.62. The molecule has 4 rings (SSSR count). The van der Waals surface area contributed by atoms with E-state index in [4.69, 9.17) is 10.00 Å². The van der Waals surface area contributed by atoms with Crippen LogP contribution in [-0.4, -0.2) is 24.4 Å². The maximum absolute atomic E-state index is 12.5. The summed E-state index contributed by atoms with van der Waals surface area (Å²) in [6.07, 6.45) is -0.171. The largest absolute Gasteiger partial charge is 0.449 e. The zero-order valence-corrected chi connectivity index (χ0v) is 16.4. The van der Waals surface area contributed by atoms with Crippen molar-refractivity contribution in [1.82, 2.24) is 5.32 Å². The first kappa shape index (κ1) is 19.7. The van der Waals surface area contributed by atoms with Crippen LogP contribution in [0.5, 0.6) is 0 Å². The Morgan fingerprint density at radius 3 is 2.17 bits per heavy atom. The van der Waals surface area contributed by atoms with E-state index in [0.29, 0.717) is 12.0 Å². The third-order valence-electron chi connectivity index (χ3n) is 5.50. The number of alkyl carbamates (subject to hydrolysis) is 1. The van der Waals surface area contributed by atoms with E-state index in [1.54, 1.807) is 24.3 Å². The van der Waals surface area contributed by atoms with Gasteiger partial charge in [-0.15, -0.1) is 0 Å². The van der Waals surface area contributed by atoms with Gasteiger partial charge in [-0.2, -0.15) is 5.26 Å². The van der Waals surface area contributed by atoms with Gasteiger partial charge in [0.2, 0.25) is 0 Å². The van der Waals surface area contributed by atoms with E-state index in [-0.39, 0.29) is 19.1 Å². The third kappa shape index (κ3) is 3.91.